The van der Waals surface area contributed by atoms with E-state index in [-0.39, 0.29) is 17.9 Å². The number of hydrogen-bond acceptors (Lipinski definition) is 3. The largest absolute Gasteiger partial charge is 0.303 e. The van der Waals surface area contributed by atoms with Gasteiger partial charge in [0.15, 0.2) is 0 Å². The summed E-state index contributed by atoms with van der Waals surface area (Å²) in [7, 11) is 0. The zero-order valence-corrected chi connectivity index (χ0v) is 12.0. The number of likely N-dealkylation sites (tertiary alicyclic amines) is 1. The van der Waals surface area contributed by atoms with Gasteiger partial charge in [0.2, 0.25) is 11.8 Å². The van der Waals surface area contributed by atoms with Crippen molar-refractivity contribution in [2.45, 2.75) is 56.7 Å². The topological polar surface area (TPSA) is 49.4 Å². The van der Waals surface area contributed by atoms with E-state index in [1.54, 1.807) is 4.90 Å². The molecule has 110 valence electrons. The van der Waals surface area contributed by atoms with Crippen LogP contribution in [0.4, 0.5) is 0 Å². The number of carbonyl (C=O) groups is 2. The van der Waals surface area contributed by atoms with Crippen LogP contribution in [-0.2, 0) is 9.59 Å². The number of rotatable bonds is 1. The van der Waals surface area contributed by atoms with E-state index in [0.717, 1.165) is 25.7 Å². The SMILES string of the molecule is O=C1CCC(=O)N1C1CCCC2NC3CC=CC=C3C=C21. The van der Waals surface area contributed by atoms with Gasteiger partial charge in [-0.15, -0.1) is 0 Å². The molecule has 2 fully saturated rings. The van der Waals surface area contributed by atoms with Crippen LogP contribution < -0.4 is 5.32 Å². The number of carbonyl (C=O) groups excluding carboxylic acids is 2. The quantitative estimate of drug-likeness (QED) is 0.748. The van der Waals surface area contributed by atoms with E-state index in [2.05, 4.69) is 29.6 Å². The van der Waals surface area contributed by atoms with Gasteiger partial charge in [0.1, 0.15) is 0 Å². The molecule has 0 bridgehead atoms. The Morgan fingerprint density at radius 3 is 2.71 bits per heavy atom. The molecule has 2 aliphatic heterocycles. The lowest BCUT2D eigenvalue weighted by atomic mass is 9.78. The normalized spacial score (nSPS) is 35.2. The number of nitrogens with one attached hydrogen (secondary N) is 1. The number of allylic oxidation sites excluding steroid dienone is 2. The fourth-order valence-corrected chi connectivity index (χ4v) is 4.07. The monoisotopic (exact) mass is 284 g/mol. The molecule has 4 rings (SSSR count). The number of imide groups is 1. The van der Waals surface area contributed by atoms with Gasteiger partial charge in [-0.2, -0.15) is 0 Å². The Morgan fingerprint density at radius 2 is 1.90 bits per heavy atom. The van der Waals surface area contributed by atoms with Crippen LogP contribution in [-0.4, -0.2) is 34.8 Å². The van der Waals surface area contributed by atoms with Gasteiger partial charge in [0.25, 0.3) is 0 Å². The number of amides is 2. The van der Waals surface area contributed by atoms with Crippen LogP contribution >= 0.6 is 0 Å². The summed E-state index contributed by atoms with van der Waals surface area (Å²) in [5.74, 6) is 0.0115. The third-order valence-corrected chi connectivity index (χ3v) is 5.09. The third-order valence-electron chi connectivity index (χ3n) is 5.09. The Labute approximate surface area is 124 Å². The average molecular weight is 284 g/mol. The molecule has 4 aliphatic rings. The van der Waals surface area contributed by atoms with Crippen LogP contribution in [0.25, 0.3) is 0 Å². The molecule has 0 aromatic carbocycles. The highest BCUT2D eigenvalue weighted by Crippen LogP contribution is 2.36. The second-order valence-corrected chi connectivity index (χ2v) is 6.35. The molecule has 4 nitrogen and oxygen atoms in total. The molecule has 4 heteroatoms. The van der Waals surface area contributed by atoms with Crippen molar-refractivity contribution in [1.29, 1.82) is 0 Å². The highest BCUT2D eigenvalue weighted by Gasteiger charge is 2.42. The van der Waals surface area contributed by atoms with Crippen LogP contribution in [0.1, 0.15) is 38.5 Å². The number of hydrogen-bond donors (Lipinski definition) is 1. The average Bonchev–Trinajstić information content (AvgIpc) is 2.84. The van der Waals surface area contributed by atoms with Crippen molar-refractivity contribution in [3.05, 3.63) is 35.5 Å². The first-order valence-electron chi connectivity index (χ1n) is 7.93. The lowest BCUT2D eigenvalue weighted by Gasteiger charge is -2.42. The minimum atomic E-state index is -0.0218. The second kappa shape index (κ2) is 4.95. The minimum absolute atomic E-state index is 0.00573. The zero-order valence-electron chi connectivity index (χ0n) is 12.0. The first kappa shape index (κ1) is 13.0. The van der Waals surface area contributed by atoms with Crippen LogP contribution in [0.15, 0.2) is 35.5 Å². The Balaban J connectivity index is 1.70. The van der Waals surface area contributed by atoms with Gasteiger partial charge in [-0.3, -0.25) is 14.5 Å². The van der Waals surface area contributed by atoms with E-state index in [0.29, 0.717) is 24.9 Å². The van der Waals surface area contributed by atoms with E-state index in [1.165, 1.54) is 11.1 Å². The molecule has 2 amide bonds. The summed E-state index contributed by atoms with van der Waals surface area (Å²) < 4.78 is 0. The van der Waals surface area contributed by atoms with Crippen LogP contribution in [0.5, 0.6) is 0 Å². The summed E-state index contributed by atoms with van der Waals surface area (Å²) >= 11 is 0. The fraction of sp³-hybridized carbons (Fsp3) is 0.529. The molecule has 2 heterocycles. The fourth-order valence-electron chi connectivity index (χ4n) is 4.07. The molecular formula is C17H20N2O2. The van der Waals surface area contributed by atoms with Crippen molar-refractivity contribution < 1.29 is 9.59 Å². The van der Waals surface area contributed by atoms with Gasteiger partial charge in [0, 0.05) is 24.9 Å². The molecule has 0 radical (unpaired) electrons. The lowest BCUT2D eigenvalue weighted by molar-refractivity contribution is -0.140. The molecule has 1 saturated heterocycles. The van der Waals surface area contributed by atoms with Gasteiger partial charge < -0.3 is 5.32 Å². The standard InChI is InChI=1S/C17H20N2O2/c20-16-8-9-17(21)19(16)15-7-3-6-14-12(15)10-11-4-1-2-5-13(11)18-14/h1-2,4,10,13-15,18H,3,5-9H2. The summed E-state index contributed by atoms with van der Waals surface area (Å²) in [5.41, 5.74) is 2.53. The van der Waals surface area contributed by atoms with Crippen molar-refractivity contribution in [3.63, 3.8) is 0 Å². The van der Waals surface area contributed by atoms with Crippen LogP contribution in [0.3, 0.4) is 0 Å². The summed E-state index contributed by atoms with van der Waals surface area (Å²) in [5, 5.41) is 3.70. The van der Waals surface area contributed by atoms with Gasteiger partial charge in [-0.25, -0.2) is 0 Å². The van der Waals surface area contributed by atoms with Crippen molar-refractivity contribution in [2.75, 3.05) is 0 Å². The predicted molar refractivity (Wildman–Crippen MR) is 79.4 cm³/mol. The van der Waals surface area contributed by atoms with Crippen molar-refractivity contribution in [2.24, 2.45) is 0 Å². The first-order valence-corrected chi connectivity index (χ1v) is 7.93. The minimum Gasteiger partial charge on any atom is -0.303 e. The van der Waals surface area contributed by atoms with Crippen LogP contribution in [0.2, 0.25) is 0 Å². The van der Waals surface area contributed by atoms with Gasteiger partial charge in [-0.05, 0) is 36.8 Å². The molecule has 21 heavy (non-hydrogen) atoms. The Bertz CT molecular complexity index is 572. The predicted octanol–water partition coefficient (Wildman–Crippen LogP) is 1.84. The maximum atomic E-state index is 12.1. The molecule has 0 aromatic heterocycles. The van der Waals surface area contributed by atoms with Crippen molar-refractivity contribution in [1.82, 2.24) is 10.2 Å². The maximum Gasteiger partial charge on any atom is 0.230 e. The molecule has 2 aliphatic carbocycles. The summed E-state index contributed by atoms with van der Waals surface area (Å²) in [6.45, 7) is 0. The van der Waals surface area contributed by atoms with Crippen LogP contribution in [0, 0.1) is 0 Å². The van der Waals surface area contributed by atoms with E-state index >= 15 is 0 Å². The van der Waals surface area contributed by atoms with Crippen molar-refractivity contribution in [3.8, 4) is 0 Å². The van der Waals surface area contributed by atoms with Crippen molar-refractivity contribution >= 4 is 11.8 Å². The number of nitrogens with zero attached hydrogens (tertiary/aromatic N) is 1. The first-order chi connectivity index (χ1) is 10.2. The zero-order chi connectivity index (χ0) is 14.4. The molecule has 3 unspecified atom stereocenters. The highest BCUT2D eigenvalue weighted by atomic mass is 16.2. The molecular weight excluding hydrogens is 264 g/mol. The Morgan fingerprint density at radius 1 is 1.10 bits per heavy atom. The van der Waals surface area contributed by atoms with Gasteiger partial charge >= 0.3 is 0 Å². The van der Waals surface area contributed by atoms with E-state index in [1.807, 2.05) is 0 Å². The molecule has 1 saturated carbocycles. The second-order valence-electron chi connectivity index (χ2n) is 6.35. The Hall–Kier alpha value is -1.68. The molecule has 1 N–H and O–H groups in total. The van der Waals surface area contributed by atoms with E-state index < -0.39 is 0 Å². The van der Waals surface area contributed by atoms with Gasteiger partial charge in [-0.1, -0.05) is 24.3 Å². The summed E-state index contributed by atoms with van der Waals surface area (Å²) in [6, 6.07) is 0.692. The highest BCUT2D eigenvalue weighted by molar-refractivity contribution is 6.02. The lowest BCUT2D eigenvalue weighted by Crippen LogP contribution is -2.53. The smallest absolute Gasteiger partial charge is 0.230 e. The van der Waals surface area contributed by atoms with E-state index in [4.69, 9.17) is 0 Å². The summed E-state index contributed by atoms with van der Waals surface area (Å²) in [4.78, 5) is 25.7. The molecule has 0 aromatic rings. The number of fused-ring (bicyclic) bond motifs is 2. The third kappa shape index (κ3) is 2.09. The molecule has 0 spiro atoms. The summed E-state index contributed by atoms with van der Waals surface area (Å²) in [6.07, 6.45) is 13.5. The van der Waals surface area contributed by atoms with E-state index in [9.17, 15) is 9.59 Å². The molecule has 3 atom stereocenters. The van der Waals surface area contributed by atoms with Gasteiger partial charge in [0.05, 0.1) is 6.04 Å². The maximum absolute atomic E-state index is 12.1. The Kier molecular flexibility index (Phi) is 3.07.